The second kappa shape index (κ2) is 8.51. The molecule has 0 fully saturated rings. The highest BCUT2D eigenvalue weighted by Crippen LogP contribution is 2.20. The Hall–Kier alpha value is -3.75. The van der Waals surface area contributed by atoms with Crippen LogP contribution in [0, 0.1) is 11.6 Å². The van der Waals surface area contributed by atoms with Crippen LogP contribution in [-0.4, -0.2) is 24.6 Å². The molecule has 9 heteroatoms. The number of ether oxygens (including phenoxy) is 2. The van der Waals surface area contributed by atoms with E-state index in [1.54, 1.807) is 18.2 Å². The molecular formula is C20H15F2NO6. The lowest BCUT2D eigenvalue weighted by Crippen LogP contribution is -2.32. The van der Waals surface area contributed by atoms with Crippen molar-refractivity contribution in [3.05, 3.63) is 70.6 Å². The SMILES string of the molecule is CC(OC(=O)COc1ccc2ccc(=O)oc2c1)C(=O)Nc1c(F)cccc1F. The molecule has 0 bridgehead atoms. The number of hydrogen-bond donors (Lipinski definition) is 1. The molecule has 2 aromatic carbocycles. The molecule has 1 atom stereocenters. The third-order valence-corrected chi connectivity index (χ3v) is 3.84. The molecule has 0 spiro atoms. The van der Waals surface area contributed by atoms with Gasteiger partial charge in [-0.1, -0.05) is 6.07 Å². The van der Waals surface area contributed by atoms with E-state index in [0.29, 0.717) is 5.39 Å². The van der Waals surface area contributed by atoms with Gasteiger partial charge in [-0.3, -0.25) is 4.79 Å². The van der Waals surface area contributed by atoms with Gasteiger partial charge in [0.1, 0.15) is 28.7 Å². The van der Waals surface area contributed by atoms with Gasteiger partial charge in [0.25, 0.3) is 5.91 Å². The van der Waals surface area contributed by atoms with E-state index in [4.69, 9.17) is 13.9 Å². The van der Waals surface area contributed by atoms with Crippen molar-refractivity contribution in [2.24, 2.45) is 0 Å². The number of carbonyl (C=O) groups is 2. The maximum atomic E-state index is 13.6. The Labute approximate surface area is 162 Å². The maximum absolute atomic E-state index is 13.6. The third-order valence-electron chi connectivity index (χ3n) is 3.84. The highest BCUT2D eigenvalue weighted by molar-refractivity contribution is 5.95. The van der Waals surface area contributed by atoms with Gasteiger partial charge in [-0.15, -0.1) is 0 Å². The summed E-state index contributed by atoms with van der Waals surface area (Å²) in [5.41, 5.74) is -0.877. The predicted molar refractivity (Wildman–Crippen MR) is 98.5 cm³/mol. The number of halogens is 2. The molecule has 0 aliphatic heterocycles. The summed E-state index contributed by atoms with van der Waals surface area (Å²) in [6.45, 7) is 0.713. The molecule has 150 valence electrons. The van der Waals surface area contributed by atoms with Crippen molar-refractivity contribution in [3.8, 4) is 5.75 Å². The second-order valence-corrected chi connectivity index (χ2v) is 5.96. The van der Waals surface area contributed by atoms with E-state index in [1.165, 1.54) is 19.1 Å². The fraction of sp³-hybridized carbons (Fsp3) is 0.150. The molecule has 1 amide bonds. The lowest BCUT2D eigenvalue weighted by atomic mass is 10.2. The fourth-order valence-electron chi connectivity index (χ4n) is 2.40. The summed E-state index contributed by atoms with van der Waals surface area (Å²) in [5.74, 6) is -3.45. The molecular weight excluding hydrogens is 388 g/mol. The molecule has 1 unspecified atom stereocenters. The van der Waals surface area contributed by atoms with Crippen LogP contribution in [0.25, 0.3) is 11.0 Å². The summed E-state index contributed by atoms with van der Waals surface area (Å²) in [5, 5.41) is 2.71. The van der Waals surface area contributed by atoms with Crippen LogP contribution in [0.3, 0.4) is 0 Å². The molecule has 0 saturated carbocycles. The predicted octanol–water partition coefficient (Wildman–Crippen LogP) is 3.02. The van der Waals surface area contributed by atoms with Gasteiger partial charge in [-0.2, -0.15) is 0 Å². The van der Waals surface area contributed by atoms with Gasteiger partial charge in [-0.05, 0) is 37.3 Å². The van der Waals surface area contributed by atoms with Crippen LogP contribution in [0.15, 0.2) is 57.7 Å². The van der Waals surface area contributed by atoms with Gasteiger partial charge >= 0.3 is 11.6 Å². The largest absolute Gasteiger partial charge is 0.482 e. The van der Waals surface area contributed by atoms with Crippen LogP contribution in [0.4, 0.5) is 14.5 Å². The Bertz CT molecular complexity index is 1110. The van der Waals surface area contributed by atoms with E-state index in [0.717, 1.165) is 18.2 Å². The number of rotatable bonds is 6. The number of esters is 1. The molecule has 0 saturated heterocycles. The van der Waals surface area contributed by atoms with Gasteiger partial charge in [0.15, 0.2) is 12.7 Å². The summed E-state index contributed by atoms with van der Waals surface area (Å²) < 4.78 is 42.3. The zero-order valence-corrected chi connectivity index (χ0v) is 15.1. The number of anilines is 1. The average molecular weight is 403 g/mol. The number of amides is 1. The number of benzene rings is 2. The molecule has 3 rings (SSSR count). The standard InChI is InChI=1S/C20H15F2NO6/c1-11(20(26)23-19-14(21)3-2-4-15(19)22)28-18(25)10-27-13-7-5-12-6-8-17(24)29-16(12)9-13/h2-9,11H,10H2,1H3,(H,23,26). The zero-order valence-electron chi connectivity index (χ0n) is 15.1. The van der Waals surface area contributed by atoms with E-state index in [1.807, 2.05) is 5.32 Å². The van der Waals surface area contributed by atoms with E-state index in [9.17, 15) is 23.2 Å². The van der Waals surface area contributed by atoms with Gasteiger partial charge in [-0.25, -0.2) is 18.4 Å². The molecule has 0 aliphatic rings. The van der Waals surface area contributed by atoms with Crippen LogP contribution in [0.5, 0.6) is 5.75 Å². The molecule has 7 nitrogen and oxygen atoms in total. The van der Waals surface area contributed by atoms with Crippen LogP contribution in [-0.2, 0) is 14.3 Å². The Morgan fingerprint density at radius 2 is 1.79 bits per heavy atom. The smallest absolute Gasteiger partial charge is 0.344 e. The van der Waals surface area contributed by atoms with Crippen molar-refractivity contribution in [3.63, 3.8) is 0 Å². The lowest BCUT2D eigenvalue weighted by molar-refractivity contribution is -0.155. The Balaban J connectivity index is 1.56. The van der Waals surface area contributed by atoms with Crippen molar-refractivity contribution in [2.75, 3.05) is 11.9 Å². The highest BCUT2D eigenvalue weighted by atomic mass is 19.1. The van der Waals surface area contributed by atoms with Crippen molar-refractivity contribution in [2.45, 2.75) is 13.0 Å². The number of fused-ring (bicyclic) bond motifs is 1. The van der Waals surface area contributed by atoms with Gasteiger partial charge in [0.05, 0.1) is 0 Å². The monoisotopic (exact) mass is 403 g/mol. The Morgan fingerprint density at radius 3 is 2.52 bits per heavy atom. The summed E-state index contributed by atoms with van der Waals surface area (Å²) in [4.78, 5) is 35.1. The first kappa shape index (κ1) is 20.0. The minimum Gasteiger partial charge on any atom is -0.482 e. The van der Waals surface area contributed by atoms with Gasteiger partial charge in [0.2, 0.25) is 0 Å². The number of nitrogens with one attached hydrogen (secondary N) is 1. The van der Waals surface area contributed by atoms with E-state index in [2.05, 4.69) is 0 Å². The van der Waals surface area contributed by atoms with Crippen molar-refractivity contribution < 1.29 is 32.3 Å². The highest BCUT2D eigenvalue weighted by Gasteiger charge is 2.21. The lowest BCUT2D eigenvalue weighted by Gasteiger charge is -2.14. The number of hydrogen-bond acceptors (Lipinski definition) is 6. The number of para-hydroxylation sites is 1. The summed E-state index contributed by atoms with van der Waals surface area (Å²) in [6, 6.07) is 10.6. The molecule has 3 aromatic rings. The Kier molecular flexibility index (Phi) is 5.87. The first-order valence-corrected chi connectivity index (χ1v) is 8.44. The van der Waals surface area contributed by atoms with E-state index in [-0.39, 0.29) is 11.3 Å². The summed E-state index contributed by atoms with van der Waals surface area (Å²) in [6.07, 6.45) is -1.32. The normalized spacial score (nSPS) is 11.7. The van der Waals surface area contributed by atoms with Gasteiger partial charge < -0.3 is 19.2 Å². The molecule has 1 N–H and O–H groups in total. The molecule has 29 heavy (non-hydrogen) atoms. The number of carbonyl (C=O) groups excluding carboxylic acids is 2. The first-order valence-electron chi connectivity index (χ1n) is 8.44. The minimum atomic E-state index is -1.32. The quantitative estimate of drug-likeness (QED) is 0.502. The molecule has 0 aliphatic carbocycles. The van der Waals surface area contributed by atoms with E-state index >= 15 is 0 Å². The van der Waals surface area contributed by atoms with Crippen LogP contribution < -0.4 is 15.7 Å². The van der Waals surface area contributed by atoms with Crippen molar-refractivity contribution in [1.29, 1.82) is 0 Å². The first-order chi connectivity index (χ1) is 13.8. The average Bonchev–Trinajstić information content (AvgIpc) is 2.68. The zero-order chi connectivity index (χ0) is 21.0. The van der Waals surface area contributed by atoms with Crippen LogP contribution in [0.2, 0.25) is 0 Å². The summed E-state index contributed by atoms with van der Waals surface area (Å²) in [7, 11) is 0. The maximum Gasteiger partial charge on any atom is 0.344 e. The fourth-order valence-corrected chi connectivity index (χ4v) is 2.40. The van der Waals surface area contributed by atoms with Crippen molar-refractivity contribution in [1.82, 2.24) is 0 Å². The van der Waals surface area contributed by atoms with Crippen molar-refractivity contribution >= 4 is 28.5 Å². The van der Waals surface area contributed by atoms with Crippen LogP contribution in [0.1, 0.15) is 6.92 Å². The molecule has 1 heterocycles. The van der Waals surface area contributed by atoms with E-state index < -0.39 is 47.5 Å². The minimum absolute atomic E-state index is 0.245. The van der Waals surface area contributed by atoms with Crippen LogP contribution >= 0.6 is 0 Å². The Morgan fingerprint density at radius 1 is 1.10 bits per heavy atom. The second-order valence-electron chi connectivity index (χ2n) is 5.96. The molecule has 0 radical (unpaired) electrons. The topological polar surface area (TPSA) is 94.8 Å². The molecule has 1 aromatic heterocycles. The van der Waals surface area contributed by atoms with Gasteiger partial charge in [0, 0.05) is 17.5 Å². The third kappa shape index (κ3) is 4.95. The summed E-state index contributed by atoms with van der Waals surface area (Å²) >= 11 is 0.